The van der Waals surface area contributed by atoms with Crippen LogP contribution in [0.15, 0.2) is 17.5 Å². The summed E-state index contributed by atoms with van der Waals surface area (Å²) in [6.07, 6.45) is 6.83. The molecule has 0 nitrogen and oxygen atoms in total. The molecular formula is C13H19BrS. The summed E-state index contributed by atoms with van der Waals surface area (Å²) in [4.78, 5) is 2.32. The summed E-state index contributed by atoms with van der Waals surface area (Å²) < 4.78 is 0. The predicted octanol–water partition coefficient (Wildman–Crippen LogP) is 4.88. The second kappa shape index (κ2) is 5.49. The van der Waals surface area contributed by atoms with E-state index in [9.17, 15) is 0 Å². The van der Waals surface area contributed by atoms with Gasteiger partial charge >= 0.3 is 0 Å². The summed E-state index contributed by atoms with van der Waals surface area (Å²) in [6, 6.07) is 4.43. The van der Waals surface area contributed by atoms with Gasteiger partial charge in [0.2, 0.25) is 0 Å². The molecule has 1 aromatic heterocycles. The van der Waals surface area contributed by atoms with E-state index in [0.717, 1.165) is 16.7 Å². The molecular weight excluding hydrogens is 268 g/mol. The molecule has 0 aliphatic heterocycles. The van der Waals surface area contributed by atoms with Crippen LogP contribution >= 0.6 is 27.3 Å². The molecule has 0 radical (unpaired) electrons. The van der Waals surface area contributed by atoms with Gasteiger partial charge in [-0.2, -0.15) is 0 Å². The molecule has 84 valence electrons. The maximum Gasteiger partial charge on any atom is 0.0174 e. The smallest absolute Gasteiger partial charge is 0.0174 e. The summed E-state index contributed by atoms with van der Waals surface area (Å²) in [7, 11) is 0. The highest BCUT2D eigenvalue weighted by atomic mass is 79.9. The molecule has 1 aromatic rings. The van der Waals surface area contributed by atoms with Gasteiger partial charge in [0.1, 0.15) is 0 Å². The Morgan fingerprint density at radius 1 is 1.47 bits per heavy atom. The summed E-state index contributed by atoms with van der Waals surface area (Å²) in [5.41, 5.74) is 0. The second-order valence-corrected chi connectivity index (χ2v) is 7.02. The Kier molecular flexibility index (Phi) is 4.27. The first-order valence-electron chi connectivity index (χ1n) is 5.92. The van der Waals surface area contributed by atoms with Crippen molar-refractivity contribution in [3.05, 3.63) is 22.4 Å². The summed E-state index contributed by atoms with van der Waals surface area (Å²) >= 11 is 5.75. The molecule has 0 amide bonds. The lowest BCUT2D eigenvalue weighted by Crippen LogP contribution is -2.24. The molecule has 1 aliphatic rings. The van der Waals surface area contributed by atoms with Crippen LogP contribution in [0.4, 0.5) is 0 Å². The van der Waals surface area contributed by atoms with E-state index in [1.165, 1.54) is 32.1 Å². The van der Waals surface area contributed by atoms with Crippen molar-refractivity contribution in [1.29, 1.82) is 0 Å². The topological polar surface area (TPSA) is 0 Å². The molecule has 0 N–H and O–H groups in total. The maximum absolute atomic E-state index is 3.85. The van der Waals surface area contributed by atoms with E-state index in [4.69, 9.17) is 0 Å². The number of aryl methyl sites for hydroxylation is 1. The number of hydrogen-bond donors (Lipinski definition) is 0. The maximum atomic E-state index is 3.85. The highest BCUT2D eigenvalue weighted by Crippen LogP contribution is 2.36. The minimum atomic E-state index is 0.772. The van der Waals surface area contributed by atoms with E-state index in [1.807, 2.05) is 11.3 Å². The molecule has 0 bridgehead atoms. The molecule has 2 heteroatoms. The summed E-state index contributed by atoms with van der Waals surface area (Å²) in [5.74, 6) is 1.84. The van der Waals surface area contributed by atoms with Gasteiger partial charge in [-0.1, -0.05) is 28.9 Å². The van der Waals surface area contributed by atoms with E-state index in [-0.39, 0.29) is 0 Å². The Balaban J connectivity index is 1.82. The second-order valence-electron chi connectivity index (χ2n) is 4.81. The van der Waals surface area contributed by atoms with Gasteiger partial charge in [0.05, 0.1) is 0 Å². The van der Waals surface area contributed by atoms with E-state index in [2.05, 4.69) is 40.4 Å². The Morgan fingerprint density at radius 2 is 2.33 bits per heavy atom. The normalized spacial score (nSPS) is 31.7. The molecule has 3 atom stereocenters. The SMILES string of the molecule is CC1CCC(Br)C(CCc2cccs2)C1. The van der Waals surface area contributed by atoms with Crippen molar-refractivity contribution in [3.63, 3.8) is 0 Å². The number of thiophene rings is 1. The monoisotopic (exact) mass is 286 g/mol. The summed E-state index contributed by atoms with van der Waals surface area (Å²) in [5, 5.41) is 2.18. The fourth-order valence-electron chi connectivity index (χ4n) is 2.54. The lowest BCUT2D eigenvalue weighted by Gasteiger charge is -2.31. The van der Waals surface area contributed by atoms with Crippen LogP contribution in [0.1, 0.15) is 37.5 Å². The van der Waals surface area contributed by atoms with Crippen LogP contribution in [0.5, 0.6) is 0 Å². The van der Waals surface area contributed by atoms with E-state index < -0.39 is 0 Å². The van der Waals surface area contributed by atoms with Gasteiger partial charge < -0.3 is 0 Å². The zero-order chi connectivity index (χ0) is 10.7. The van der Waals surface area contributed by atoms with Crippen LogP contribution in [-0.2, 0) is 6.42 Å². The third kappa shape index (κ3) is 3.32. The first-order valence-corrected chi connectivity index (χ1v) is 7.71. The van der Waals surface area contributed by atoms with E-state index >= 15 is 0 Å². The van der Waals surface area contributed by atoms with Crippen molar-refractivity contribution in [2.75, 3.05) is 0 Å². The minimum absolute atomic E-state index is 0.772. The van der Waals surface area contributed by atoms with Crippen molar-refractivity contribution in [2.45, 2.75) is 43.9 Å². The first-order chi connectivity index (χ1) is 7.25. The van der Waals surface area contributed by atoms with Crippen LogP contribution in [0.2, 0.25) is 0 Å². The Bertz CT molecular complexity index is 281. The lowest BCUT2D eigenvalue weighted by atomic mass is 9.80. The largest absolute Gasteiger partial charge is 0.149 e. The molecule has 0 spiro atoms. The van der Waals surface area contributed by atoms with Gasteiger partial charge in [-0.3, -0.25) is 0 Å². The predicted molar refractivity (Wildman–Crippen MR) is 71.9 cm³/mol. The fourth-order valence-corrected chi connectivity index (χ4v) is 4.01. The van der Waals surface area contributed by atoms with Crippen molar-refractivity contribution >= 4 is 27.3 Å². The molecule has 1 aliphatic carbocycles. The Hall–Kier alpha value is 0.180. The number of alkyl halides is 1. The van der Waals surface area contributed by atoms with Gasteiger partial charge in [0, 0.05) is 9.70 Å². The van der Waals surface area contributed by atoms with Gasteiger partial charge in [0.25, 0.3) is 0 Å². The van der Waals surface area contributed by atoms with Crippen LogP contribution in [0.25, 0.3) is 0 Å². The van der Waals surface area contributed by atoms with Crippen LogP contribution < -0.4 is 0 Å². The first kappa shape index (κ1) is 11.7. The van der Waals surface area contributed by atoms with Crippen molar-refractivity contribution in [3.8, 4) is 0 Å². The molecule has 3 unspecified atom stereocenters. The molecule has 0 aromatic carbocycles. The molecule has 1 saturated carbocycles. The number of rotatable bonds is 3. The average Bonchev–Trinajstić information content (AvgIpc) is 2.72. The van der Waals surface area contributed by atoms with E-state index in [0.29, 0.717) is 0 Å². The molecule has 2 rings (SSSR count). The average molecular weight is 287 g/mol. The zero-order valence-electron chi connectivity index (χ0n) is 9.29. The Labute approximate surface area is 105 Å². The van der Waals surface area contributed by atoms with Crippen LogP contribution in [-0.4, -0.2) is 4.83 Å². The summed E-state index contributed by atoms with van der Waals surface area (Å²) in [6.45, 7) is 2.40. The third-order valence-corrected chi connectivity index (χ3v) is 5.64. The van der Waals surface area contributed by atoms with Gasteiger partial charge in [-0.05, 0) is 55.4 Å². The van der Waals surface area contributed by atoms with Gasteiger partial charge in [0.15, 0.2) is 0 Å². The van der Waals surface area contributed by atoms with Crippen molar-refractivity contribution < 1.29 is 0 Å². The minimum Gasteiger partial charge on any atom is -0.149 e. The molecule has 15 heavy (non-hydrogen) atoms. The lowest BCUT2D eigenvalue weighted by molar-refractivity contribution is 0.283. The van der Waals surface area contributed by atoms with E-state index in [1.54, 1.807) is 4.88 Å². The third-order valence-electron chi connectivity index (χ3n) is 3.49. The Morgan fingerprint density at radius 3 is 3.07 bits per heavy atom. The standard InChI is InChI=1S/C13H19BrS/c1-10-4-7-13(14)11(9-10)5-6-12-3-2-8-15-12/h2-3,8,10-11,13H,4-7,9H2,1H3. The van der Waals surface area contributed by atoms with Crippen molar-refractivity contribution in [1.82, 2.24) is 0 Å². The van der Waals surface area contributed by atoms with Crippen LogP contribution in [0.3, 0.4) is 0 Å². The fraction of sp³-hybridized carbons (Fsp3) is 0.692. The van der Waals surface area contributed by atoms with Crippen LogP contribution in [0, 0.1) is 11.8 Å². The molecule has 1 heterocycles. The van der Waals surface area contributed by atoms with Crippen molar-refractivity contribution in [2.24, 2.45) is 11.8 Å². The van der Waals surface area contributed by atoms with Gasteiger partial charge in [-0.15, -0.1) is 11.3 Å². The number of hydrogen-bond acceptors (Lipinski definition) is 1. The quantitative estimate of drug-likeness (QED) is 0.695. The number of halogens is 1. The zero-order valence-corrected chi connectivity index (χ0v) is 11.7. The highest BCUT2D eigenvalue weighted by molar-refractivity contribution is 9.09. The van der Waals surface area contributed by atoms with Gasteiger partial charge in [-0.25, -0.2) is 0 Å². The highest BCUT2D eigenvalue weighted by Gasteiger charge is 2.26. The molecule has 0 saturated heterocycles. The molecule has 1 fully saturated rings.